The normalized spacial score (nSPS) is 11.4. The van der Waals surface area contributed by atoms with Gasteiger partial charge in [-0.3, -0.25) is 4.79 Å². The van der Waals surface area contributed by atoms with E-state index >= 15 is 0 Å². The van der Waals surface area contributed by atoms with E-state index in [0.717, 1.165) is 11.1 Å². The molecule has 4 aromatic carbocycles. The van der Waals surface area contributed by atoms with Crippen molar-refractivity contribution < 1.29 is 28.2 Å². The molecule has 0 saturated carbocycles. The molecule has 0 bridgehead atoms. The Hall–Kier alpha value is -5.37. The maximum absolute atomic E-state index is 13.2. The Bertz CT molecular complexity index is 1650. The van der Waals surface area contributed by atoms with Crippen LogP contribution in [0.5, 0.6) is 17.2 Å². The van der Waals surface area contributed by atoms with Gasteiger partial charge in [0.25, 0.3) is 0 Å². The number of ether oxygens (including phenoxy) is 3. The van der Waals surface area contributed by atoms with Gasteiger partial charge < -0.3 is 23.9 Å². The Labute approximate surface area is 229 Å². The van der Waals surface area contributed by atoms with Crippen LogP contribution in [0.3, 0.4) is 0 Å². The summed E-state index contributed by atoms with van der Waals surface area (Å²) in [6.07, 6.45) is 0.645. The number of nitrogens with one attached hydrogen (secondary N) is 1. The van der Waals surface area contributed by atoms with Gasteiger partial charge in [0.15, 0.2) is 0 Å². The van der Waals surface area contributed by atoms with Crippen molar-refractivity contribution in [1.82, 2.24) is 5.32 Å². The van der Waals surface area contributed by atoms with Crippen LogP contribution in [-0.2, 0) is 22.6 Å². The second-order valence-corrected chi connectivity index (χ2v) is 8.87. The molecule has 0 aliphatic rings. The highest BCUT2D eigenvalue weighted by Crippen LogP contribution is 2.24. The molecule has 40 heavy (non-hydrogen) atoms. The quantitative estimate of drug-likeness (QED) is 0.182. The lowest BCUT2D eigenvalue weighted by atomic mass is 10.1. The first-order chi connectivity index (χ1) is 19.5. The van der Waals surface area contributed by atoms with Crippen LogP contribution >= 0.6 is 0 Å². The van der Waals surface area contributed by atoms with Crippen molar-refractivity contribution in [2.75, 3.05) is 0 Å². The number of hydrogen-bond acceptors (Lipinski definition) is 7. The zero-order valence-electron chi connectivity index (χ0n) is 21.3. The number of carbonyl (C=O) groups excluding carboxylic acids is 2. The van der Waals surface area contributed by atoms with E-state index in [0.29, 0.717) is 5.75 Å². The monoisotopic (exact) mass is 535 g/mol. The molecule has 0 spiro atoms. The predicted molar refractivity (Wildman–Crippen MR) is 148 cm³/mol. The summed E-state index contributed by atoms with van der Waals surface area (Å²) in [6, 6.07) is 30.7. The number of alkyl carbamates (subject to hydrolysis) is 1. The average Bonchev–Trinajstić information content (AvgIpc) is 2.99. The molecule has 5 aromatic rings. The van der Waals surface area contributed by atoms with Gasteiger partial charge in [0, 0.05) is 12.5 Å². The summed E-state index contributed by atoms with van der Waals surface area (Å²) in [5.74, 6) is -0.0235. The van der Waals surface area contributed by atoms with E-state index in [1.807, 2.05) is 66.7 Å². The smallest absolute Gasteiger partial charge is 0.408 e. The van der Waals surface area contributed by atoms with Crippen molar-refractivity contribution in [3.63, 3.8) is 0 Å². The van der Waals surface area contributed by atoms with E-state index in [1.54, 1.807) is 24.3 Å². The second kappa shape index (κ2) is 12.4. The lowest BCUT2D eigenvalue weighted by Gasteiger charge is -2.18. The Balaban J connectivity index is 1.30. The van der Waals surface area contributed by atoms with E-state index in [-0.39, 0.29) is 40.9 Å². The first-order valence-electron chi connectivity index (χ1n) is 12.6. The number of benzene rings is 4. The molecule has 1 heterocycles. The summed E-state index contributed by atoms with van der Waals surface area (Å²) in [6.45, 7) is 0.0550. The van der Waals surface area contributed by atoms with Crippen molar-refractivity contribution >= 4 is 23.0 Å². The topological polar surface area (TPSA) is 104 Å². The van der Waals surface area contributed by atoms with Crippen LogP contribution in [0.4, 0.5) is 4.79 Å². The van der Waals surface area contributed by atoms with Crippen molar-refractivity contribution in [3.05, 3.63) is 137 Å². The van der Waals surface area contributed by atoms with E-state index in [9.17, 15) is 14.4 Å². The van der Waals surface area contributed by atoms with E-state index in [2.05, 4.69) is 5.32 Å². The molecule has 5 rings (SSSR count). The largest absolute Gasteiger partial charge is 0.460 e. The second-order valence-electron chi connectivity index (χ2n) is 8.87. The number of carbonyl (C=O) groups is 2. The summed E-state index contributed by atoms with van der Waals surface area (Å²) >= 11 is 0. The first-order valence-corrected chi connectivity index (χ1v) is 12.6. The number of amides is 1. The van der Waals surface area contributed by atoms with Gasteiger partial charge in [-0.25, -0.2) is 9.59 Å². The summed E-state index contributed by atoms with van der Waals surface area (Å²) in [7, 11) is 0. The fourth-order valence-electron chi connectivity index (χ4n) is 3.98. The minimum Gasteiger partial charge on any atom is -0.460 e. The zero-order chi connectivity index (χ0) is 27.7. The molecule has 1 unspecified atom stereocenters. The third-order valence-electron chi connectivity index (χ3n) is 5.98. The van der Waals surface area contributed by atoms with Crippen molar-refractivity contribution in [1.29, 1.82) is 0 Å². The highest BCUT2D eigenvalue weighted by Gasteiger charge is 2.25. The Morgan fingerprint density at radius 3 is 2.12 bits per heavy atom. The fourth-order valence-corrected chi connectivity index (χ4v) is 3.98. The standard InChI is InChI=1S/C32H25NO7/c34-30-26-17-16-25(19-28(26)37-21-29(30)39-24-14-8-3-9-15-24)40-31(35)27(18-22-10-4-1-5-11-22)33-32(36)38-20-23-12-6-2-7-13-23/h1-17,19,21,27H,18,20H2,(H,33,36). The van der Waals surface area contributed by atoms with Gasteiger partial charge in [0.1, 0.15) is 36.0 Å². The van der Waals surface area contributed by atoms with Crippen LogP contribution in [0.2, 0.25) is 0 Å². The summed E-state index contributed by atoms with van der Waals surface area (Å²) < 4.78 is 22.1. The van der Waals surface area contributed by atoms with Crippen LogP contribution in [0.15, 0.2) is 125 Å². The third-order valence-corrected chi connectivity index (χ3v) is 5.98. The van der Waals surface area contributed by atoms with Gasteiger partial charge >= 0.3 is 12.1 Å². The highest BCUT2D eigenvalue weighted by atomic mass is 16.6. The van der Waals surface area contributed by atoms with Crippen molar-refractivity contribution in [3.8, 4) is 17.2 Å². The van der Waals surface area contributed by atoms with E-state index in [4.69, 9.17) is 18.6 Å². The van der Waals surface area contributed by atoms with Crippen LogP contribution in [0.1, 0.15) is 11.1 Å². The summed E-state index contributed by atoms with van der Waals surface area (Å²) in [5.41, 5.74) is 1.48. The number of hydrogen-bond donors (Lipinski definition) is 1. The Morgan fingerprint density at radius 1 is 0.775 bits per heavy atom. The molecule has 8 heteroatoms. The molecular weight excluding hydrogens is 510 g/mol. The molecule has 0 radical (unpaired) electrons. The Kier molecular flexibility index (Phi) is 8.17. The molecule has 1 amide bonds. The third kappa shape index (κ3) is 6.73. The number of esters is 1. The summed E-state index contributed by atoms with van der Waals surface area (Å²) in [5, 5.41) is 2.87. The van der Waals surface area contributed by atoms with Gasteiger partial charge in [-0.2, -0.15) is 0 Å². The molecule has 8 nitrogen and oxygen atoms in total. The molecule has 1 aromatic heterocycles. The van der Waals surface area contributed by atoms with Gasteiger partial charge in [-0.1, -0.05) is 78.9 Å². The van der Waals surface area contributed by atoms with Crippen LogP contribution in [0.25, 0.3) is 11.0 Å². The number of para-hydroxylation sites is 1. The first kappa shape index (κ1) is 26.2. The SMILES string of the molecule is O=C(NC(Cc1ccccc1)C(=O)Oc1ccc2c(=O)c(Oc3ccccc3)coc2c1)OCc1ccccc1. The number of fused-ring (bicyclic) bond motifs is 1. The molecule has 0 fully saturated rings. The Morgan fingerprint density at radius 2 is 1.43 bits per heavy atom. The van der Waals surface area contributed by atoms with Gasteiger partial charge in [-0.05, 0) is 35.4 Å². The lowest BCUT2D eigenvalue weighted by Crippen LogP contribution is -2.44. The fraction of sp³-hybridized carbons (Fsp3) is 0.0938. The molecule has 1 N–H and O–H groups in total. The molecule has 200 valence electrons. The van der Waals surface area contributed by atoms with Crippen molar-refractivity contribution in [2.45, 2.75) is 19.1 Å². The average molecular weight is 536 g/mol. The van der Waals surface area contributed by atoms with Gasteiger partial charge in [-0.15, -0.1) is 0 Å². The van der Waals surface area contributed by atoms with E-state index < -0.39 is 18.1 Å². The molecular formula is C32H25NO7. The molecule has 0 saturated heterocycles. The maximum Gasteiger partial charge on any atom is 0.408 e. The van der Waals surface area contributed by atoms with Crippen LogP contribution in [-0.4, -0.2) is 18.1 Å². The molecule has 0 aliphatic heterocycles. The van der Waals surface area contributed by atoms with Gasteiger partial charge in [0.05, 0.1) is 5.39 Å². The summed E-state index contributed by atoms with van der Waals surface area (Å²) in [4.78, 5) is 38.6. The predicted octanol–water partition coefficient (Wildman–Crippen LogP) is 6.03. The highest BCUT2D eigenvalue weighted by molar-refractivity contribution is 5.85. The van der Waals surface area contributed by atoms with Crippen LogP contribution < -0.4 is 20.2 Å². The lowest BCUT2D eigenvalue weighted by molar-refractivity contribution is -0.136. The maximum atomic E-state index is 13.2. The van der Waals surface area contributed by atoms with Gasteiger partial charge in [0.2, 0.25) is 11.2 Å². The van der Waals surface area contributed by atoms with Crippen LogP contribution in [0, 0.1) is 0 Å². The zero-order valence-corrected chi connectivity index (χ0v) is 21.3. The minimum atomic E-state index is -1.03. The molecule has 0 aliphatic carbocycles. The number of rotatable bonds is 9. The van der Waals surface area contributed by atoms with Crippen molar-refractivity contribution in [2.24, 2.45) is 0 Å². The van der Waals surface area contributed by atoms with E-state index in [1.165, 1.54) is 24.5 Å². The minimum absolute atomic E-state index is 0.0320. The molecule has 1 atom stereocenters.